The van der Waals surface area contributed by atoms with Crippen molar-refractivity contribution in [3.8, 4) is 23.0 Å². The van der Waals surface area contributed by atoms with Gasteiger partial charge in [0.1, 0.15) is 0 Å². The van der Waals surface area contributed by atoms with Crippen molar-refractivity contribution >= 4 is 10.8 Å². The first-order valence-electron chi connectivity index (χ1n) is 7.00. The van der Waals surface area contributed by atoms with Crippen molar-refractivity contribution in [2.75, 3.05) is 0 Å². The van der Waals surface area contributed by atoms with Gasteiger partial charge in [0.15, 0.2) is 0 Å². The molecule has 25 heavy (non-hydrogen) atoms. The minimum Gasteiger partial charge on any atom is -0.336 e. The minimum atomic E-state index is -0.0762. The molecule has 0 radical (unpaired) electrons. The van der Waals surface area contributed by atoms with Gasteiger partial charge in [0.25, 0.3) is 0 Å². The van der Waals surface area contributed by atoms with E-state index in [1.165, 1.54) is 24.3 Å². The van der Waals surface area contributed by atoms with Gasteiger partial charge < -0.3 is 19.6 Å². The third-order valence-corrected chi connectivity index (χ3v) is 3.68. The van der Waals surface area contributed by atoms with Gasteiger partial charge >= 0.3 is 0 Å². The van der Waals surface area contributed by atoms with Gasteiger partial charge in [-0.2, -0.15) is 0 Å². The van der Waals surface area contributed by atoms with E-state index >= 15 is 0 Å². The molecule has 1 aromatic heterocycles. The molecule has 0 bridgehead atoms. The number of benzene rings is 2. The number of hydrogen-bond donors (Lipinski definition) is 4. The Balaban J connectivity index is 2.04. The molecule has 2 aromatic carbocycles. The average molecular weight is 347 g/mol. The van der Waals surface area contributed by atoms with Gasteiger partial charge in [-0.3, -0.25) is 4.98 Å². The summed E-state index contributed by atoms with van der Waals surface area (Å²) < 4.78 is 0. The van der Waals surface area contributed by atoms with Crippen LogP contribution in [-0.2, 0) is 6.42 Å². The van der Waals surface area contributed by atoms with Crippen LogP contribution in [0.15, 0.2) is 42.6 Å². The molecular weight excluding hydrogens is 334 g/mol. The van der Waals surface area contributed by atoms with Crippen LogP contribution in [0.1, 0.15) is 11.3 Å². The van der Waals surface area contributed by atoms with E-state index in [0.29, 0.717) is 28.5 Å². The van der Waals surface area contributed by atoms with Crippen LogP contribution in [0.4, 0.5) is 0 Å². The van der Waals surface area contributed by atoms with Crippen LogP contribution in [0.2, 0.25) is 0 Å². The van der Waals surface area contributed by atoms with Crippen LogP contribution in [0, 0.1) is 0 Å². The largest absolute Gasteiger partial charge is 0.336 e. The summed E-state index contributed by atoms with van der Waals surface area (Å²) in [7, 11) is 0. The lowest BCUT2D eigenvalue weighted by Gasteiger charge is -2.10. The van der Waals surface area contributed by atoms with Crippen molar-refractivity contribution in [2.45, 2.75) is 6.42 Å². The van der Waals surface area contributed by atoms with Gasteiger partial charge in [0.05, 0.1) is 5.69 Å². The summed E-state index contributed by atoms with van der Waals surface area (Å²) in [6.07, 6.45) is 1.91. The lowest BCUT2D eigenvalue weighted by atomic mass is 10.0. The summed E-state index contributed by atoms with van der Waals surface area (Å²) in [5.41, 5.74) is 1.33. The highest BCUT2D eigenvalue weighted by Crippen LogP contribution is 2.34. The molecule has 0 fully saturated rings. The smallest absolute Gasteiger partial charge is 0.211 e. The van der Waals surface area contributed by atoms with E-state index in [9.17, 15) is 0 Å². The quantitative estimate of drug-likeness (QED) is 0.392. The highest BCUT2D eigenvalue weighted by atomic mass is 17.1. The van der Waals surface area contributed by atoms with Gasteiger partial charge in [-0.25, -0.2) is 21.0 Å². The topological polar surface area (TPSA) is 131 Å². The van der Waals surface area contributed by atoms with Crippen LogP contribution in [-0.4, -0.2) is 26.0 Å². The van der Waals surface area contributed by atoms with Crippen LogP contribution in [0.5, 0.6) is 23.0 Å². The lowest BCUT2D eigenvalue weighted by molar-refractivity contribution is -0.164. The fraction of sp³-hybridized carbons (Fsp3) is 0.0625. The van der Waals surface area contributed by atoms with E-state index in [4.69, 9.17) is 21.0 Å². The minimum absolute atomic E-state index is 0.0437. The zero-order valence-corrected chi connectivity index (χ0v) is 12.6. The summed E-state index contributed by atoms with van der Waals surface area (Å²) in [4.78, 5) is 20.9. The van der Waals surface area contributed by atoms with Gasteiger partial charge in [0, 0.05) is 18.0 Å². The predicted molar refractivity (Wildman–Crippen MR) is 84.0 cm³/mol. The molecule has 9 nitrogen and oxygen atoms in total. The van der Waals surface area contributed by atoms with E-state index in [1.807, 2.05) is 0 Å². The third kappa shape index (κ3) is 3.25. The van der Waals surface area contributed by atoms with E-state index in [-0.39, 0.29) is 23.0 Å². The Morgan fingerprint density at radius 1 is 0.720 bits per heavy atom. The lowest BCUT2D eigenvalue weighted by Crippen LogP contribution is -1.98. The highest BCUT2D eigenvalue weighted by Gasteiger charge is 2.14. The summed E-state index contributed by atoms with van der Waals surface area (Å²) in [6.45, 7) is 0. The molecule has 0 saturated heterocycles. The van der Waals surface area contributed by atoms with Crippen molar-refractivity contribution in [3.05, 3.63) is 53.9 Å². The molecule has 9 heteroatoms. The molecule has 1 heterocycles. The Kier molecular flexibility index (Phi) is 4.82. The average Bonchev–Trinajstić information content (AvgIpc) is 2.66. The summed E-state index contributed by atoms with van der Waals surface area (Å²) in [6, 6.07) is 9.21. The Morgan fingerprint density at radius 3 is 2.04 bits per heavy atom. The Hall–Kier alpha value is -3.11. The number of nitrogens with zero attached hydrogens (tertiary/aromatic N) is 1. The molecule has 0 aliphatic carbocycles. The molecule has 0 unspecified atom stereocenters. The summed E-state index contributed by atoms with van der Waals surface area (Å²) in [5.74, 6) is -0.228. The maximum absolute atomic E-state index is 8.92. The maximum atomic E-state index is 8.92. The third-order valence-electron chi connectivity index (χ3n) is 3.68. The van der Waals surface area contributed by atoms with Crippen molar-refractivity contribution in [3.63, 3.8) is 0 Å². The van der Waals surface area contributed by atoms with Crippen molar-refractivity contribution < 1.29 is 40.6 Å². The zero-order valence-electron chi connectivity index (χ0n) is 12.6. The van der Waals surface area contributed by atoms with Crippen molar-refractivity contribution in [2.24, 2.45) is 0 Å². The van der Waals surface area contributed by atoms with Gasteiger partial charge in [0.2, 0.25) is 23.0 Å². The second kappa shape index (κ2) is 7.20. The van der Waals surface area contributed by atoms with Crippen molar-refractivity contribution in [1.82, 2.24) is 4.98 Å². The Morgan fingerprint density at radius 2 is 1.36 bits per heavy atom. The van der Waals surface area contributed by atoms with Crippen molar-refractivity contribution in [1.29, 1.82) is 0 Å². The summed E-state index contributed by atoms with van der Waals surface area (Å²) in [5, 5.41) is 36.7. The molecule has 0 saturated carbocycles. The number of hydrogen-bond acceptors (Lipinski definition) is 9. The van der Waals surface area contributed by atoms with Crippen LogP contribution < -0.4 is 19.6 Å². The first-order valence-corrected chi connectivity index (χ1v) is 7.00. The SMILES string of the molecule is OOc1ccc(Cc2nccc3cc(OO)c(OO)cc23)cc1OO. The van der Waals surface area contributed by atoms with E-state index in [2.05, 4.69) is 24.5 Å². The van der Waals surface area contributed by atoms with Gasteiger partial charge in [-0.05, 0) is 41.3 Å². The number of pyridine rings is 1. The van der Waals surface area contributed by atoms with Crippen LogP contribution >= 0.6 is 0 Å². The number of rotatable bonds is 6. The standard InChI is InChI=1S/C16H13NO8/c18-22-13-2-1-9(6-14(13)23-19)5-12-11-8-16(25-21)15(24-20)7-10(11)3-4-17-12/h1-4,6-8,18-21H,5H2. The van der Waals surface area contributed by atoms with E-state index in [0.717, 1.165) is 0 Å². The first kappa shape index (κ1) is 16.7. The molecule has 3 aromatic rings. The Labute approximate surface area is 140 Å². The first-order chi connectivity index (χ1) is 12.2. The van der Waals surface area contributed by atoms with E-state index < -0.39 is 0 Å². The molecule has 130 valence electrons. The van der Waals surface area contributed by atoms with Crippen LogP contribution in [0.25, 0.3) is 10.8 Å². The molecule has 0 aliphatic rings. The predicted octanol–water partition coefficient (Wildman–Crippen LogP) is 3.23. The zero-order chi connectivity index (χ0) is 17.8. The fourth-order valence-electron chi connectivity index (χ4n) is 2.53. The van der Waals surface area contributed by atoms with Gasteiger partial charge in [-0.15, -0.1) is 0 Å². The summed E-state index contributed by atoms with van der Waals surface area (Å²) >= 11 is 0. The maximum Gasteiger partial charge on any atom is 0.211 e. The number of aromatic nitrogens is 1. The molecule has 0 aliphatic heterocycles. The van der Waals surface area contributed by atoms with Gasteiger partial charge in [-0.1, -0.05) is 6.07 Å². The second-order valence-corrected chi connectivity index (χ2v) is 5.10. The van der Waals surface area contributed by atoms with Crippen LogP contribution in [0.3, 0.4) is 0 Å². The Bertz CT molecular complexity index is 899. The number of fused-ring (bicyclic) bond motifs is 1. The monoisotopic (exact) mass is 347 g/mol. The highest BCUT2D eigenvalue weighted by molar-refractivity contribution is 5.88. The molecule has 4 N–H and O–H groups in total. The van der Waals surface area contributed by atoms with E-state index in [1.54, 1.807) is 18.3 Å². The molecule has 0 amide bonds. The molecule has 3 rings (SSSR count). The molecule has 0 spiro atoms. The molecular formula is C16H13NO8. The fourth-order valence-corrected chi connectivity index (χ4v) is 2.53. The molecule has 0 atom stereocenters. The second-order valence-electron chi connectivity index (χ2n) is 5.10. The normalized spacial score (nSPS) is 10.6.